The van der Waals surface area contributed by atoms with Gasteiger partial charge in [-0.05, 0) is 31.0 Å². The molecule has 0 bridgehead atoms. The normalized spacial score (nSPS) is 12.2. The summed E-state index contributed by atoms with van der Waals surface area (Å²) >= 11 is 0. The molecule has 0 amide bonds. The van der Waals surface area contributed by atoms with E-state index in [1.54, 1.807) is 18.2 Å². The summed E-state index contributed by atoms with van der Waals surface area (Å²) < 4.78 is 37.7. The predicted octanol–water partition coefficient (Wildman–Crippen LogP) is 3.15. The van der Waals surface area contributed by atoms with Crippen molar-refractivity contribution < 1.29 is 13.2 Å². The molecule has 0 atom stereocenters. The van der Waals surface area contributed by atoms with Crippen LogP contribution >= 0.6 is 0 Å². The molecule has 1 nitrogen and oxygen atoms in total. The molecule has 0 fully saturated rings. The minimum Gasteiger partial charge on any atom is -0.330 e. The van der Waals surface area contributed by atoms with Crippen molar-refractivity contribution in [1.29, 1.82) is 0 Å². The van der Waals surface area contributed by atoms with Crippen molar-refractivity contribution in [2.24, 2.45) is 5.73 Å². The summed E-state index contributed by atoms with van der Waals surface area (Å²) in [7, 11) is 0. The molecule has 0 unspecified atom stereocenters. The number of hydrogen-bond acceptors (Lipinski definition) is 1. The minimum absolute atomic E-state index is 0.287. The van der Waals surface area contributed by atoms with Gasteiger partial charge >= 0.3 is 6.18 Å². The minimum atomic E-state index is -4.28. The molecule has 1 rings (SSSR count). The average Bonchev–Trinajstić information content (AvgIpc) is 2.24. The van der Waals surface area contributed by atoms with Crippen molar-refractivity contribution in [1.82, 2.24) is 0 Å². The number of rotatable bonds is 4. The quantitative estimate of drug-likeness (QED) is 0.788. The second-order valence-corrected chi connectivity index (χ2v) is 3.41. The SMILES string of the molecule is NCC/C=C\Cc1ccccc1C(F)(F)F. The maximum atomic E-state index is 12.6. The maximum absolute atomic E-state index is 12.6. The highest BCUT2D eigenvalue weighted by Gasteiger charge is 2.32. The van der Waals surface area contributed by atoms with Gasteiger partial charge in [0.15, 0.2) is 0 Å². The van der Waals surface area contributed by atoms with Crippen molar-refractivity contribution in [2.45, 2.75) is 19.0 Å². The number of allylic oxidation sites excluding steroid dienone is 1. The Morgan fingerprint density at radius 3 is 2.44 bits per heavy atom. The Kier molecular flexibility index (Phi) is 4.55. The van der Waals surface area contributed by atoms with Gasteiger partial charge in [0.2, 0.25) is 0 Å². The maximum Gasteiger partial charge on any atom is 0.416 e. The van der Waals surface area contributed by atoms with Crippen molar-refractivity contribution >= 4 is 0 Å². The van der Waals surface area contributed by atoms with Gasteiger partial charge in [0, 0.05) is 0 Å². The van der Waals surface area contributed by atoms with Crippen LogP contribution < -0.4 is 5.73 Å². The third-order valence-corrected chi connectivity index (χ3v) is 2.16. The summed E-state index contributed by atoms with van der Waals surface area (Å²) in [6, 6.07) is 5.61. The van der Waals surface area contributed by atoms with Crippen LogP contribution in [0.15, 0.2) is 36.4 Å². The highest BCUT2D eigenvalue weighted by molar-refractivity contribution is 5.31. The fraction of sp³-hybridized carbons (Fsp3) is 0.333. The molecule has 0 radical (unpaired) electrons. The molecule has 4 heteroatoms. The van der Waals surface area contributed by atoms with Crippen LogP contribution in [0.2, 0.25) is 0 Å². The Morgan fingerprint density at radius 2 is 1.81 bits per heavy atom. The third-order valence-electron chi connectivity index (χ3n) is 2.16. The van der Waals surface area contributed by atoms with E-state index in [-0.39, 0.29) is 6.42 Å². The molecule has 0 aliphatic rings. The molecule has 0 spiro atoms. The van der Waals surface area contributed by atoms with Gasteiger partial charge in [-0.2, -0.15) is 13.2 Å². The molecule has 1 aromatic rings. The van der Waals surface area contributed by atoms with Crippen molar-refractivity contribution in [3.05, 3.63) is 47.5 Å². The number of benzene rings is 1. The van der Waals surface area contributed by atoms with E-state index in [0.29, 0.717) is 18.5 Å². The van der Waals surface area contributed by atoms with Crippen LogP contribution in [0.25, 0.3) is 0 Å². The van der Waals surface area contributed by atoms with Crippen molar-refractivity contribution in [2.75, 3.05) is 6.54 Å². The van der Waals surface area contributed by atoms with Crippen LogP contribution in [0.4, 0.5) is 13.2 Å². The van der Waals surface area contributed by atoms with Crippen molar-refractivity contribution in [3.63, 3.8) is 0 Å². The largest absolute Gasteiger partial charge is 0.416 e. The first-order valence-electron chi connectivity index (χ1n) is 5.06. The number of nitrogens with two attached hydrogens (primary N) is 1. The summed E-state index contributed by atoms with van der Waals surface area (Å²) in [5.74, 6) is 0. The van der Waals surface area contributed by atoms with E-state index in [2.05, 4.69) is 0 Å². The standard InChI is InChI=1S/C12H14F3N/c13-12(14,15)11-8-4-3-7-10(11)6-2-1-5-9-16/h1-4,7-8H,5-6,9,16H2/b2-1-. The molecule has 0 aromatic heterocycles. The Bertz CT molecular complexity index is 356. The monoisotopic (exact) mass is 229 g/mol. The summed E-state index contributed by atoms with van der Waals surface area (Å²) in [6.07, 6.45) is 0.215. The molecule has 88 valence electrons. The molecular formula is C12H14F3N. The van der Waals surface area contributed by atoms with Gasteiger partial charge in [-0.15, -0.1) is 0 Å². The van der Waals surface area contributed by atoms with Crippen LogP contribution in [0, 0.1) is 0 Å². The van der Waals surface area contributed by atoms with E-state index in [0.717, 1.165) is 6.07 Å². The lowest BCUT2D eigenvalue weighted by Gasteiger charge is -2.10. The Morgan fingerprint density at radius 1 is 1.12 bits per heavy atom. The van der Waals surface area contributed by atoms with Gasteiger partial charge < -0.3 is 5.73 Å². The van der Waals surface area contributed by atoms with Gasteiger partial charge in [0.25, 0.3) is 0 Å². The van der Waals surface area contributed by atoms with E-state index < -0.39 is 11.7 Å². The average molecular weight is 229 g/mol. The highest BCUT2D eigenvalue weighted by atomic mass is 19.4. The topological polar surface area (TPSA) is 26.0 Å². The lowest BCUT2D eigenvalue weighted by molar-refractivity contribution is -0.138. The zero-order valence-electron chi connectivity index (χ0n) is 8.80. The van der Waals surface area contributed by atoms with E-state index in [1.165, 1.54) is 12.1 Å². The first-order valence-corrected chi connectivity index (χ1v) is 5.06. The summed E-state index contributed by atoms with van der Waals surface area (Å²) in [5.41, 5.74) is 5.01. The smallest absolute Gasteiger partial charge is 0.330 e. The van der Waals surface area contributed by atoms with Crippen LogP contribution in [0.3, 0.4) is 0 Å². The van der Waals surface area contributed by atoms with Gasteiger partial charge in [-0.3, -0.25) is 0 Å². The molecule has 16 heavy (non-hydrogen) atoms. The van der Waals surface area contributed by atoms with Gasteiger partial charge in [0.05, 0.1) is 5.56 Å². The predicted molar refractivity (Wildman–Crippen MR) is 58.0 cm³/mol. The zero-order valence-corrected chi connectivity index (χ0v) is 8.80. The summed E-state index contributed by atoms with van der Waals surface area (Å²) in [4.78, 5) is 0. The van der Waals surface area contributed by atoms with Gasteiger partial charge in [-0.1, -0.05) is 30.4 Å². The van der Waals surface area contributed by atoms with E-state index >= 15 is 0 Å². The first-order chi connectivity index (χ1) is 7.55. The lowest BCUT2D eigenvalue weighted by Crippen LogP contribution is -2.08. The molecule has 1 aromatic carbocycles. The summed E-state index contributed by atoms with van der Waals surface area (Å²) in [5, 5.41) is 0. The Labute approximate surface area is 92.8 Å². The molecule has 0 aliphatic heterocycles. The Balaban J connectivity index is 2.80. The second kappa shape index (κ2) is 5.70. The number of alkyl halides is 3. The molecule has 0 heterocycles. The Hall–Kier alpha value is -1.29. The third kappa shape index (κ3) is 3.70. The molecular weight excluding hydrogens is 215 g/mol. The fourth-order valence-corrected chi connectivity index (χ4v) is 1.40. The highest BCUT2D eigenvalue weighted by Crippen LogP contribution is 2.32. The van der Waals surface area contributed by atoms with E-state index in [9.17, 15) is 13.2 Å². The molecule has 0 saturated heterocycles. The fourth-order valence-electron chi connectivity index (χ4n) is 1.40. The molecule has 0 saturated carbocycles. The second-order valence-electron chi connectivity index (χ2n) is 3.41. The van der Waals surface area contributed by atoms with Crippen molar-refractivity contribution in [3.8, 4) is 0 Å². The van der Waals surface area contributed by atoms with Crippen LogP contribution in [-0.2, 0) is 12.6 Å². The van der Waals surface area contributed by atoms with E-state index in [1.807, 2.05) is 0 Å². The number of halogens is 3. The molecule has 0 aliphatic carbocycles. The van der Waals surface area contributed by atoms with Crippen LogP contribution in [0.1, 0.15) is 17.5 Å². The lowest BCUT2D eigenvalue weighted by atomic mass is 10.0. The first kappa shape index (κ1) is 12.8. The number of hydrogen-bond donors (Lipinski definition) is 1. The van der Waals surface area contributed by atoms with Crippen LogP contribution in [0.5, 0.6) is 0 Å². The van der Waals surface area contributed by atoms with Crippen LogP contribution in [-0.4, -0.2) is 6.54 Å². The zero-order chi connectivity index (χ0) is 12.0. The van der Waals surface area contributed by atoms with Gasteiger partial charge in [-0.25, -0.2) is 0 Å². The molecule has 2 N–H and O–H groups in total. The van der Waals surface area contributed by atoms with Gasteiger partial charge in [0.1, 0.15) is 0 Å². The van der Waals surface area contributed by atoms with E-state index in [4.69, 9.17) is 5.73 Å². The summed E-state index contributed by atoms with van der Waals surface area (Å²) in [6.45, 7) is 0.511.